The van der Waals surface area contributed by atoms with Gasteiger partial charge in [-0.1, -0.05) is 85.9 Å². The number of anilines is 2. The number of carbonyl (C=O) groups excluding carboxylic acids is 2. The van der Waals surface area contributed by atoms with Crippen LogP contribution in [0.25, 0.3) is 21.4 Å². The van der Waals surface area contributed by atoms with Crippen LogP contribution in [-0.2, 0) is 9.59 Å². The molecule has 14 heteroatoms. The average molecular weight is 717 g/mol. The number of nitrogens with one attached hydrogen (secondary N) is 4. The molecular weight excluding hydrogens is 681 g/mol. The Labute approximate surface area is 296 Å². The van der Waals surface area contributed by atoms with Crippen molar-refractivity contribution < 1.29 is 9.59 Å². The van der Waals surface area contributed by atoms with Crippen LogP contribution in [0.3, 0.4) is 0 Å². The van der Waals surface area contributed by atoms with E-state index in [1.54, 1.807) is 22.7 Å². The van der Waals surface area contributed by atoms with Gasteiger partial charge in [0.1, 0.15) is 4.75 Å². The number of hydrogen-bond donors (Lipinski definition) is 4. The highest BCUT2D eigenvalue weighted by atomic mass is 32.2. The molecule has 0 spiro atoms. The topological polar surface area (TPSA) is 141 Å². The van der Waals surface area contributed by atoms with E-state index in [1.165, 1.54) is 23.5 Å². The van der Waals surface area contributed by atoms with Crippen molar-refractivity contribution >= 4 is 69.4 Å². The highest BCUT2D eigenvalue weighted by Crippen LogP contribution is 2.51. The summed E-state index contributed by atoms with van der Waals surface area (Å²) in [6, 6.07) is 26.8. The summed E-state index contributed by atoms with van der Waals surface area (Å²) in [5, 5.41) is 25.4. The lowest BCUT2D eigenvalue weighted by Crippen LogP contribution is -2.34. The Morgan fingerprint density at radius 2 is 1.23 bits per heavy atom. The summed E-state index contributed by atoms with van der Waals surface area (Å²) in [6.45, 7) is 7.72. The van der Waals surface area contributed by atoms with Gasteiger partial charge in [-0.15, -0.1) is 32.9 Å². The van der Waals surface area contributed by atoms with Crippen LogP contribution >= 0.6 is 46.2 Å². The van der Waals surface area contributed by atoms with Gasteiger partial charge in [0.2, 0.25) is 22.1 Å². The van der Waals surface area contributed by atoms with Crippen molar-refractivity contribution in [3.05, 3.63) is 95.7 Å². The molecule has 0 aliphatic heterocycles. The van der Waals surface area contributed by atoms with Crippen LogP contribution in [0.15, 0.2) is 106 Å². The highest BCUT2D eigenvalue weighted by molar-refractivity contribution is 8.01. The molecule has 6 aromatic rings. The third kappa shape index (κ3) is 9.22. The van der Waals surface area contributed by atoms with Gasteiger partial charge in [-0.2, -0.15) is 0 Å². The number of carbonyl (C=O) groups is 2. The molecule has 0 unspecified atom stereocenters. The molecule has 4 aromatic heterocycles. The standard InChI is InChI=1S/C16H14N4OS2.C16H16N4OS2.C2H6/c21-14(17-11-5-2-1-3-6-11)16(8-9-16)23-15-18-13(19-20-15)12-7-4-10-22-12;1-16(2,14(21)17-11-7-4-3-5-8-11)23-15-18-13(19-20-15)12-9-6-10-22-12;1-2/h1-7,10H,8-9H2,(H,17,21)(H,18,19,20);3-10H,1-2H3,(H,17,21)(H,18,19,20);1-2H3. The van der Waals surface area contributed by atoms with E-state index in [0.29, 0.717) is 10.3 Å². The molecule has 1 aliphatic carbocycles. The molecule has 0 saturated heterocycles. The van der Waals surface area contributed by atoms with Gasteiger partial charge in [-0.05, 0) is 73.8 Å². The summed E-state index contributed by atoms with van der Waals surface area (Å²) in [6.07, 6.45) is 1.69. The van der Waals surface area contributed by atoms with Gasteiger partial charge in [0.05, 0.1) is 14.5 Å². The van der Waals surface area contributed by atoms with E-state index in [2.05, 4.69) is 41.0 Å². The van der Waals surface area contributed by atoms with Gasteiger partial charge in [-0.25, -0.2) is 9.97 Å². The zero-order valence-corrected chi connectivity index (χ0v) is 30.2. The smallest absolute Gasteiger partial charge is 0.241 e. The number of para-hydroxylation sites is 2. The quantitative estimate of drug-likeness (QED) is 0.103. The number of thiophene rings is 2. The Hall–Kier alpha value is -4.24. The number of aromatic nitrogens is 6. The largest absolute Gasteiger partial charge is 0.325 e. The summed E-state index contributed by atoms with van der Waals surface area (Å²) in [4.78, 5) is 36.0. The summed E-state index contributed by atoms with van der Waals surface area (Å²) in [7, 11) is 0. The number of rotatable bonds is 10. The minimum Gasteiger partial charge on any atom is -0.325 e. The van der Waals surface area contributed by atoms with E-state index in [-0.39, 0.29) is 11.8 Å². The molecule has 4 heterocycles. The molecule has 2 aromatic carbocycles. The van der Waals surface area contributed by atoms with Gasteiger partial charge in [0.15, 0.2) is 11.6 Å². The van der Waals surface area contributed by atoms with Gasteiger partial charge < -0.3 is 10.6 Å². The van der Waals surface area contributed by atoms with Gasteiger partial charge in [-0.3, -0.25) is 19.8 Å². The summed E-state index contributed by atoms with van der Waals surface area (Å²) in [5.74, 6) is 1.41. The predicted octanol–water partition coefficient (Wildman–Crippen LogP) is 8.87. The van der Waals surface area contributed by atoms with E-state index < -0.39 is 9.49 Å². The Balaban J connectivity index is 0.000000179. The first-order valence-electron chi connectivity index (χ1n) is 15.3. The molecule has 7 rings (SSSR count). The minimum absolute atomic E-state index is 0.0242. The van der Waals surface area contributed by atoms with Gasteiger partial charge in [0, 0.05) is 11.4 Å². The summed E-state index contributed by atoms with van der Waals surface area (Å²) < 4.78 is -1.13. The molecular formula is C34H36N8O2S4. The van der Waals surface area contributed by atoms with E-state index in [0.717, 1.165) is 45.6 Å². The van der Waals surface area contributed by atoms with Crippen LogP contribution in [0.1, 0.15) is 40.5 Å². The first kappa shape index (κ1) is 35.1. The molecule has 0 bridgehead atoms. The Kier molecular flexibility index (Phi) is 11.9. The maximum absolute atomic E-state index is 12.5. The van der Waals surface area contributed by atoms with Gasteiger partial charge >= 0.3 is 0 Å². The molecule has 248 valence electrons. The summed E-state index contributed by atoms with van der Waals surface area (Å²) >= 11 is 5.97. The van der Waals surface area contributed by atoms with E-state index in [1.807, 2.05) is 123 Å². The minimum atomic E-state index is -0.690. The van der Waals surface area contributed by atoms with Crippen molar-refractivity contribution in [2.45, 2.75) is 60.3 Å². The fraction of sp³-hybridized carbons (Fsp3) is 0.235. The third-order valence-electron chi connectivity index (χ3n) is 6.80. The van der Waals surface area contributed by atoms with E-state index in [9.17, 15) is 9.59 Å². The number of thioether (sulfide) groups is 2. The number of hydrogen-bond acceptors (Lipinski definition) is 10. The SMILES string of the molecule is CC.CC(C)(Sc1n[nH]c(-c2cccs2)n1)C(=O)Nc1ccccc1.O=C(Nc1ccccc1)C1(Sc2n[nH]c(-c3cccs3)n2)CC1. The Morgan fingerprint density at radius 3 is 1.73 bits per heavy atom. The van der Waals surface area contributed by atoms with Crippen LogP contribution in [-0.4, -0.2) is 51.7 Å². The van der Waals surface area contributed by atoms with Crippen LogP contribution in [0, 0.1) is 0 Å². The van der Waals surface area contributed by atoms with Crippen molar-refractivity contribution in [1.29, 1.82) is 0 Å². The maximum atomic E-state index is 12.5. The second-order valence-corrected chi connectivity index (χ2v) is 15.6. The number of amides is 2. The zero-order valence-electron chi connectivity index (χ0n) is 26.9. The molecule has 4 N–H and O–H groups in total. The second kappa shape index (κ2) is 16.2. The fourth-order valence-corrected chi connectivity index (χ4v) is 7.32. The monoisotopic (exact) mass is 716 g/mol. The summed E-state index contributed by atoms with van der Waals surface area (Å²) in [5.41, 5.74) is 1.60. The van der Waals surface area contributed by atoms with Crippen LogP contribution < -0.4 is 10.6 Å². The molecule has 10 nitrogen and oxygen atoms in total. The molecule has 1 aliphatic rings. The molecule has 0 atom stereocenters. The average Bonchev–Trinajstić information content (AvgIpc) is 3.69. The number of benzene rings is 2. The molecule has 2 amide bonds. The zero-order chi connectivity index (χ0) is 34.0. The fourth-order valence-electron chi connectivity index (χ4n) is 4.14. The first-order chi connectivity index (χ1) is 23.3. The first-order valence-corrected chi connectivity index (χ1v) is 18.7. The predicted molar refractivity (Wildman–Crippen MR) is 199 cm³/mol. The molecule has 48 heavy (non-hydrogen) atoms. The maximum Gasteiger partial charge on any atom is 0.241 e. The van der Waals surface area contributed by atoms with E-state index >= 15 is 0 Å². The van der Waals surface area contributed by atoms with Crippen LogP contribution in [0.2, 0.25) is 0 Å². The molecule has 1 saturated carbocycles. The van der Waals surface area contributed by atoms with Crippen molar-refractivity contribution in [2.24, 2.45) is 0 Å². The number of nitrogens with zero attached hydrogens (tertiary/aromatic N) is 4. The van der Waals surface area contributed by atoms with Gasteiger partial charge in [0.25, 0.3) is 0 Å². The third-order valence-corrected chi connectivity index (χ3v) is 11.0. The molecule has 1 fully saturated rings. The lowest BCUT2D eigenvalue weighted by atomic mass is 10.2. The highest BCUT2D eigenvalue weighted by Gasteiger charge is 2.52. The lowest BCUT2D eigenvalue weighted by Gasteiger charge is -2.21. The van der Waals surface area contributed by atoms with Crippen molar-refractivity contribution in [3.8, 4) is 21.4 Å². The second-order valence-electron chi connectivity index (χ2n) is 10.7. The Morgan fingerprint density at radius 1 is 0.729 bits per heavy atom. The molecule has 0 radical (unpaired) electrons. The van der Waals surface area contributed by atoms with Crippen LogP contribution in [0.5, 0.6) is 0 Å². The number of H-pyrrole nitrogens is 2. The van der Waals surface area contributed by atoms with Crippen molar-refractivity contribution in [2.75, 3.05) is 10.6 Å². The number of aromatic amines is 2. The van der Waals surface area contributed by atoms with Crippen molar-refractivity contribution in [1.82, 2.24) is 30.4 Å². The van der Waals surface area contributed by atoms with E-state index in [4.69, 9.17) is 0 Å². The van der Waals surface area contributed by atoms with Crippen LogP contribution in [0.4, 0.5) is 11.4 Å². The lowest BCUT2D eigenvalue weighted by molar-refractivity contribution is -0.118. The van der Waals surface area contributed by atoms with Crippen molar-refractivity contribution in [3.63, 3.8) is 0 Å². The Bertz CT molecular complexity index is 1740. The normalized spacial score (nSPS) is 12.9.